The molecule has 16 rings (SSSR count). The molecule has 0 radical (unpaired) electrons. The molecule has 3 aromatic heterocycles. The average Bonchev–Trinajstić information content (AvgIpc) is 0.800. The van der Waals surface area contributed by atoms with E-state index in [1.54, 1.807) is 72.8 Å². The summed E-state index contributed by atoms with van der Waals surface area (Å²) in [6.45, 7) is 23.1. The van der Waals surface area contributed by atoms with Crippen LogP contribution in [0.25, 0.3) is 0 Å². The van der Waals surface area contributed by atoms with Crippen LogP contribution in [0.15, 0.2) is 202 Å². The molecule has 542 valence electrons. The zero-order chi connectivity index (χ0) is 73.0. The highest BCUT2D eigenvalue weighted by molar-refractivity contribution is 6.00. The largest absolute Gasteiger partial charge is 0.493 e. The Kier molecular flexibility index (Phi) is 24.3. The summed E-state index contributed by atoms with van der Waals surface area (Å²) in [5.74, 6) is -0.397. The summed E-state index contributed by atoms with van der Waals surface area (Å²) >= 11 is 0. The molecule has 6 aromatic carbocycles. The highest BCUT2D eigenvalue weighted by Gasteiger charge is 2.41. The van der Waals surface area contributed by atoms with Crippen molar-refractivity contribution in [2.45, 2.75) is 45.1 Å². The molecule has 105 heavy (non-hydrogen) atoms. The van der Waals surface area contributed by atoms with Crippen molar-refractivity contribution in [2.75, 3.05) is 127 Å². The number of carbonyl (C=O) groups excluding carboxylic acids is 3. The van der Waals surface area contributed by atoms with Gasteiger partial charge in [0, 0.05) is 87.7 Å². The van der Waals surface area contributed by atoms with Crippen molar-refractivity contribution in [1.82, 2.24) is 44.6 Å². The summed E-state index contributed by atoms with van der Waals surface area (Å²) < 4.78 is 60.9. The number of morpholine rings is 1. The maximum Gasteiger partial charge on any atom is 0.247 e. The standard InChI is InChI=1S/2C27H29FN6O2.C24H25FN6O2/c1-2-24(35)30-19-5-3-6-20(15-19)31-25-23(28)17-29-26(33-25)32-21-7-4-8-22(16-21)36-18-27-9-12-34(13-10-27)14-11-27;1-2-24(35)30-20-4-3-5-21(16-20)31-25-23(28)17-29-26(33-25)32-19-6-8-22(9-7-19)36-18-27-10-13-34(14-11-27)15-12-27;1-2-22(32)27-19-4-3-5-20(14-19)28-23-21(25)15-26-24(30-23)29-18-8-6-17(7-9-18)16-31-10-12-33-13-11-31/h2-8,15-17H,1,9-14,18H2,(H,30,35)(H2,29,31,32,33);2-9,16-17H,1,10-15,18H2,(H,30,35)(H2,29,31,32,33);2-9,14-15H,1,10-13,16H2,(H,27,32)(H2,26,28,29,30). The Labute approximate surface area is 607 Å². The van der Waals surface area contributed by atoms with Gasteiger partial charge < -0.3 is 71.9 Å². The van der Waals surface area contributed by atoms with Gasteiger partial charge in [-0.15, -0.1) is 0 Å². The Hall–Kier alpha value is -11.8. The van der Waals surface area contributed by atoms with Gasteiger partial charge in [-0.25, -0.2) is 28.1 Å². The van der Waals surface area contributed by atoms with Gasteiger partial charge in [0.2, 0.25) is 35.6 Å². The number of piperidine rings is 6. The predicted octanol–water partition coefficient (Wildman–Crippen LogP) is 14.2. The lowest BCUT2D eigenvalue weighted by Gasteiger charge is -2.48. The van der Waals surface area contributed by atoms with Crippen molar-refractivity contribution >= 4 is 104 Å². The van der Waals surface area contributed by atoms with Crippen LogP contribution in [0.1, 0.15) is 44.1 Å². The summed E-state index contributed by atoms with van der Waals surface area (Å²) in [5.41, 5.74) is 7.44. The number of carbonyl (C=O) groups is 3. The number of nitrogens with one attached hydrogen (secondary N) is 9. The number of ether oxygens (including phenoxy) is 3. The van der Waals surface area contributed by atoms with Gasteiger partial charge in [-0.3, -0.25) is 19.3 Å². The Balaban J connectivity index is 0.000000148. The van der Waals surface area contributed by atoms with E-state index in [1.165, 1.54) is 82.0 Å². The quantitative estimate of drug-likeness (QED) is 0.0228. The van der Waals surface area contributed by atoms with Crippen LogP contribution in [0, 0.1) is 28.3 Å². The second kappa shape index (κ2) is 34.9. The van der Waals surface area contributed by atoms with E-state index in [0.717, 1.165) is 113 Å². The van der Waals surface area contributed by atoms with E-state index < -0.39 is 17.5 Å². The Morgan fingerprint density at radius 2 is 0.762 bits per heavy atom. The number of halogens is 3. The Morgan fingerprint density at radius 3 is 1.15 bits per heavy atom. The Morgan fingerprint density at radius 1 is 0.419 bits per heavy atom. The highest BCUT2D eigenvalue weighted by atomic mass is 19.1. The molecule has 7 saturated heterocycles. The van der Waals surface area contributed by atoms with E-state index in [2.05, 4.69) is 112 Å². The van der Waals surface area contributed by atoms with Crippen molar-refractivity contribution in [3.63, 3.8) is 0 Å². The maximum absolute atomic E-state index is 14.5. The zero-order valence-electron chi connectivity index (χ0n) is 58.0. The summed E-state index contributed by atoms with van der Waals surface area (Å²) in [6, 6.07) is 43.9. The minimum Gasteiger partial charge on any atom is -0.493 e. The number of aromatic nitrogens is 6. The van der Waals surface area contributed by atoms with Crippen LogP contribution in [-0.4, -0.2) is 141 Å². The molecule has 0 atom stereocenters. The number of hydrogen-bond acceptors (Lipinski definition) is 21. The first kappa shape index (κ1) is 73.0. The van der Waals surface area contributed by atoms with Gasteiger partial charge in [0.1, 0.15) is 11.5 Å². The fraction of sp³-hybridized carbons (Fsp3) is 0.269. The molecule has 0 aliphatic carbocycles. The summed E-state index contributed by atoms with van der Waals surface area (Å²) in [4.78, 5) is 67.0. The Bertz CT molecular complexity index is 4490. The predicted molar refractivity (Wildman–Crippen MR) is 403 cm³/mol. The van der Waals surface area contributed by atoms with Gasteiger partial charge in [-0.2, -0.15) is 15.0 Å². The lowest BCUT2D eigenvalue weighted by atomic mass is 9.73. The number of amides is 3. The molecule has 0 unspecified atom stereocenters. The van der Waals surface area contributed by atoms with Crippen LogP contribution >= 0.6 is 0 Å². The third-order valence-corrected chi connectivity index (χ3v) is 18.7. The van der Waals surface area contributed by atoms with Crippen LogP contribution in [0.2, 0.25) is 0 Å². The molecule has 3 amide bonds. The van der Waals surface area contributed by atoms with Crippen molar-refractivity contribution in [1.29, 1.82) is 0 Å². The molecule has 24 nitrogen and oxygen atoms in total. The molecule has 27 heteroatoms. The average molecular weight is 1430 g/mol. The second-order valence-electron chi connectivity index (χ2n) is 26.1. The van der Waals surface area contributed by atoms with E-state index in [9.17, 15) is 27.6 Å². The third kappa shape index (κ3) is 21.0. The van der Waals surface area contributed by atoms with E-state index in [-0.39, 0.29) is 58.4 Å². The number of hydrogen-bond donors (Lipinski definition) is 9. The number of anilines is 15. The summed E-state index contributed by atoms with van der Waals surface area (Å²) in [6.07, 6.45) is 14.0. The highest BCUT2D eigenvalue weighted by Crippen LogP contribution is 2.42. The van der Waals surface area contributed by atoms with Gasteiger partial charge in [-0.1, -0.05) is 56.1 Å². The molecule has 10 heterocycles. The van der Waals surface area contributed by atoms with E-state index in [4.69, 9.17) is 14.2 Å². The van der Waals surface area contributed by atoms with Crippen molar-refractivity contribution in [3.05, 3.63) is 225 Å². The van der Waals surface area contributed by atoms with E-state index in [0.29, 0.717) is 39.5 Å². The SMILES string of the molecule is C=CC(=O)Nc1cccc(Nc2nc(Nc3ccc(CN4CCOCC4)cc3)ncc2F)c1.C=CC(=O)Nc1cccc(Nc2nc(Nc3ccc(OCC45CCN(CC4)CC5)cc3)ncc2F)c1.C=CC(=O)Nc1cccc(Nc2nc(Nc3cccc(OCC45CCN(CC4)CC5)c3)ncc2F)c1. The molecular formula is C78H83F3N18O6. The third-order valence-electron chi connectivity index (χ3n) is 18.7. The van der Waals surface area contributed by atoms with Gasteiger partial charge >= 0.3 is 0 Å². The number of nitrogens with zero attached hydrogens (tertiary/aromatic N) is 9. The van der Waals surface area contributed by atoms with Crippen molar-refractivity contribution < 1.29 is 41.8 Å². The lowest BCUT2D eigenvalue weighted by Crippen LogP contribution is -2.50. The second-order valence-corrected chi connectivity index (χ2v) is 26.1. The molecule has 7 aliphatic heterocycles. The van der Waals surface area contributed by atoms with E-state index >= 15 is 0 Å². The number of benzene rings is 6. The topological polar surface area (TPSA) is 274 Å². The van der Waals surface area contributed by atoms with Crippen molar-refractivity contribution in [2.24, 2.45) is 10.8 Å². The fourth-order valence-electron chi connectivity index (χ4n) is 12.7. The summed E-state index contributed by atoms with van der Waals surface area (Å²) in [7, 11) is 0. The van der Waals surface area contributed by atoms with Crippen LogP contribution < -0.4 is 57.3 Å². The van der Waals surface area contributed by atoms with Gasteiger partial charge in [0.25, 0.3) is 0 Å². The molecular weight excluding hydrogens is 1340 g/mol. The normalized spacial score (nSPS) is 18.4. The fourth-order valence-corrected chi connectivity index (χ4v) is 12.7. The zero-order valence-corrected chi connectivity index (χ0v) is 58.0. The number of rotatable bonds is 26. The molecule has 4 bridgehead atoms. The first-order chi connectivity index (χ1) is 51.1. The first-order valence-corrected chi connectivity index (χ1v) is 34.7. The molecule has 7 aliphatic rings. The van der Waals surface area contributed by atoms with Crippen LogP contribution in [0.4, 0.5) is 99.7 Å². The van der Waals surface area contributed by atoms with Gasteiger partial charge in [0.15, 0.2) is 34.9 Å². The van der Waals surface area contributed by atoms with Crippen LogP contribution in [-0.2, 0) is 25.7 Å². The summed E-state index contributed by atoms with van der Waals surface area (Å²) in [5, 5.41) is 26.1. The molecule has 9 N–H and O–H groups in total. The van der Waals surface area contributed by atoms with Crippen LogP contribution in [0.3, 0.4) is 0 Å². The molecule has 0 saturated carbocycles. The number of fused-ring (bicyclic) bond motifs is 6. The van der Waals surface area contributed by atoms with Crippen molar-refractivity contribution in [3.8, 4) is 11.5 Å². The maximum atomic E-state index is 14.5. The minimum absolute atomic E-state index is 0.00911. The van der Waals surface area contributed by atoms with Gasteiger partial charge in [0.05, 0.1) is 45.0 Å². The van der Waals surface area contributed by atoms with Gasteiger partial charge in [-0.05, 0) is 205 Å². The van der Waals surface area contributed by atoms with E-state index in [1.807, 2.05) is 72.8 Å². The van der Waals surface area contributed by atoms with Crippen LogP contribution in [0.5, 0.6) is 11.5 Å². The smallest absolute Gasteiger partial charge is 0.247 e. The lowest BCUT2D eigenvalue weighted by molar-refractivity contribution is -0.112. The molecule has 0 spiro atoms. The molecule has 9 aromatic rings. The monoisotopic (exact) mass is 1420 g/mol. The molecule has 7 fully saturated rings. The first-order valence-electron chi connectivity index (χ1n) is 34.7. The minimum atomic E-state index is -0.601.